The van der Waals surface area contributed by atoms with E-state index in [0.717, 1.165) is 22.1 Å². The van der Waals surface area contributed by atoms with Gasteiger partial charge < -0.3 is 19.1 Å². The summed E-state index contributed by atoms with van der Waals surface area (Å²) in [6.07, 6.45) is -0.105. The highest BCUT2D eigenvalue weighted by atomic mass is 16.5. The number of morpholine rings is 1. The fourth-order valence-corrected chi connectivity index (χ4v) is 4.68. The Kier molecular flexibility index (Phi) is 6.57. The van der Waals surface area contributed by atoms with Crippen LogP contribution in [0.5, 0.6) is 5.75 Å². The lowest BCUT2D eigenvalue weighted by Gasteiger charge is -2.35. The molecule has 1 fully saturated rings. The molecule has 1 saturated heterocycles. The summed E-state index contributed by atoms with van der Waals surface area (Å²) in [5, 5.41) is 2.76. The lowest BCUT2D eigenvalue weighted by atomic mass is 10.0. The zero-order valence-corrected chi connectivity index (χ0v) is 20.6. The molecule has 4 aromatic rings. The van der Waals surface area contributed by atoms with Crippen molar-refractivity contribution < 1.29 is 23.8 Å². The van der Waals surface area contributed by atoms with Crippen LogP contribution in [0.1, 0.15) is 24.2 Å². The van der Waals surface area contributed by atoms with E-state index in [-0.39, 0.29) is 24.7 Å². The number of carbonyl (C=O) groups is 2. The fraction of sp³-hybridized carbons (Fsp3) is 0.276. The first-order chi connectivity index (χ1) is 17.4. The van der Waals surface area contributed by atoms with Gasteiger partial charge in [-0.25, -0.2) is 9.78 Å². The third kappa shape index (κ3) is 4.88. The Morgan fingerprint density at radius 2 is 1.69 bits per heavy atom. The summed E-state index contributed by atoms with van der Waals surface area (Å²) < 4.78 is 16.5. The quantitative estimate of drug-likeness (QED) is 0.377. The largest absolute Gasteiger partial charge is 0.497 e. The van der Waals surface area contributed by atoms with Crippen LogP contribution in [-0.4, -0.2) is 60.8 Å². The number of carbonyl (C=O) groups excluding carboxylic acids is 2. The molecule has 7 nitrogen and oxygen atoms in total. The molecule has 1 aromatic heterocycles. The van der Waals surface area contributed by atoms with Crippen LogP contribution in [-0.2, 0) is 14.3 Å². The number of hydrogen-bond acceptors (Lipinski definition) is 6. The van der Waals surface area contributed by atoms with Crippen LogP contribution in [0.4, 0.5) is 0 Å². The van der Waals surface area contributed by atoms with Gasteiger partial charge in [-0.1, -0.05) is 36.4 Å². The van der Waals surface area contributed by atoms with Crippen molar-refractivity contribution >= 4 is 33.6 Å². The molecule has 1 aliphatic rings. The van der Waals surface area contributed by atoms with Gasteiger partial charge in [-0.3, -0.25) is 4.79 Å². The van der Waals surface area contributed by atoms with Gasteiger partial charge in [-0.2, -0.15) is 0 Å². The molecule has 0 aliphatic carbocycles. The molecule has 184 valence electrons. The lowest BCUT2D eigenvalue weighted by molar-refractivity contribution is -0.146. The molecule has 0 spiro atoms. The number of nitrogens with zero attached hydrogens (tertiary/aromatic N) is 2. The Balaban J connectivity index is 1.43. The summed E-state index contributed by atoms with van der Waals surface area (Å²) in [5.41, 5.74) is 2.58. The second-order valence-corrected chi connectivity index (χ2v) is 9.13. The lowest BCUT2D eigenvalue weighted by Crippen LogP contribution is -2.49. The minimum atomic E-state index is -0.553. The Hall–Kier alpha value is -3.97. The summed E-state index contributed by atoms with van der Waals surface area (Å²) in [5.74, 6) is 0.0108. The minimum absolute atomic E-state index is 0.0526. The van der Waals surface area contributed by atoms with Gasteiger partial charge in [-0.15, -0.1) is 0 Å². The predicted molar refractivity (Wildman–Crippen MR) is 138 cm³/mol. The minimum Gasteiger partial charge on any atom is -0.497 e. The van der Waals surface area contributed by atoms with Crippen LogP contribution < -0.4 is 4.74 Å². The van der Waals surface area contributed by atoms with Crippen LogP contribution in [0.15, 0.2) is 66.7 Å². The molecule has 1 aliphatic heterocycles. The molecule has 36 heavy (non-hydrogen) atoms. The SMILES string of the molecule is COc1ccc2cc(-c3cc(C(=O)OCC(=O)N4CC(C)OC(C)C4)c4ccccc4n3)ccc2c1. The zero-order valence-electron chi connectivity index (χ0n) is 20.6. The van der Waals surface area contributed by atoms with Gasteiger partial charge in [0.1, 0.15) is 5.75 Å². The van der Waals surface area contributed by atoms with Crippen LogP contribution in [0.25, 0.3) is 32.9 Å². The summed E-state index contributed by atoms with van der Waals surface area (Å²) in [4.78, 5) is 32.4. The van der Waals surface area contributed by atoms with E-state index in [0.29, 0.717) is 35.2 Å². The Morgan fingerprint density at radius 1 is 0.972 bits per heavy atom. The Labute approximate surface area is 209 Å². The van der Waals surface area contributed by atoms with E-state index in [2.05, 4.69) is 0 Å². The summed E-state index contributed by atoms with van der Waals surface area (Å²) >= 11 is 0. The molecule has 2 atom stereocenters. The number of fused-ring (bicyclic) bond motifs is 2. The van der Waals surface area contributed by atoms with Crippen LogP contribution in [0, 0.1) is 0 Å². The molecule has 0 bridgehead atoms. The normalized spacial score (nSPS) is 17.8. The average Bonchev–Trinajstić information content (AvgIpc) is 2.89. The smallest absolute Gasteiger partial charge is 0.339 e. The topological polar surface area (TPSA) is 78.0 Å². The van der Waals surface area contributed by atoms with Gasteiger partial charge in [0.05, 0.1) is 36.1 Å². The van der Waals surface area contributed by atoms with Gasteiger partial charge >= 0.3 is 5.97 Å². The number of ether oxygens (including phenoxy) is 3. The first-order valence-electron chi connectivity index (χ1n) is 12.0. The molecule has 0 N–H and O–H groups in total. The van der Waals surface area contributed by atoms with Gasteiger partial charge in [0.15, 0.2) is 6.61 Å². The van der Waals surface area contributed by atoms with E-state index < -0.39 is 5.97 Å². The molecule has 0 radical (unpaired) electrons. The van der Waals surface area contributed by atoms with E-state index in [4.69, 9.17) is 19.2 Å². The second-order valence-electron chi connectivity index (χ2n) is 9.13. The highest BCUT2D eigenvalue weighted by molar-refractivity contribution is 6.05. The third-order valence-electron chi connectivity index (χ3n) is 6.38. The van der Waals surface area contributed by atoms with E-state index in [9.17, 15) is 9.59 Å². The maximum Gasteiger partial charge on any atom is 0.339 e. The maximum absolute atomic E-state index is 13.2. The molecule has 5 rings (SSSR count). The van der Waals surface area contributed by atoms with Crippen molar-refractivity contribution in [3.05, 3.63) is 72.3 Å². The first kappa shape index (κ1) is 23.8. The highest BCUT2D eigenvalue weighted by Crippen LogP contribution is 2.29. The number of methoxy groups -OCH3 is 1. The number of amides is 1. The van der Waals surface area contributed by atoms with Gasteiger partial charge in [-0.05, 0) is 55.0 Å². The predicted octanol–water partition coefficient (Wildman–Crippen LogP) is 4.86. The number of pyridine rings is 1. The van der Waals surface area contributed by atoms with E-state index in [1.54, 1.807) is 18.1 Å². The van der Waals surface area contributed by atoms with Gasteiger partial charge in [0.25, 0.3) is 5.91 Å². The van der Waals surface area contributed by atoms with Crippen LogP contribution in [0.3, 0.4) is 0 Å². The van der Waals surface area contributed by atoms with E-state index >= 15 is 0 Å². The molecule has 0 saturated carbocycles. The fourth-order valence-electron chi connectivity index (χ4n) is 4.68. The zero-order chi connectivity index (χ0) is 25.2. The van der Waals surface area contributed by atoms with E-state index in [1.165, 1.54) is 0 Å². The maximum atomic E-state index is 13.2. The van der Waals surface area contributed by atoms with Crippen LogP contribution in [0.2, 0.25) is 0 Å². The monoisotopic (exact) mass is 484 g/mol. The molecule has 2 unspecified atom stereocenters. The van der Waals surface area contributed by atoms with Crippen molar-refractivity contribution in [2.24, 2.45) is 0 Å². The van der Waals surface area contributed by atoms with Crippen molar-refractivity contribution in [2.45, 2.75) is 26.1 Å². The second kappa shape index (κ2) is 9.95. The van der Waals surface area contributed by atoms with Crippen molar-refractivity contribution in [2.75, 3.05) is 26.8 Å². The van der Waals surface area contributed by atoms with Gasteiger partial charge in [0.2, 0.25) is 0 Å². The molecule has 1 amide bonds. The molecular weight excluding hydrogens is 456 g/mol. The molecular formula is C29H28N2O5. The van der Waals surface area contributed by atoms with Crippen LogP contribution >= 0.6 is 0 Å². The Morgan fingerprint density at radius 3 is 2.47 bits per heavy atom. The van der Waals surface area contributed by atoms with Crippen molar-refractivity contribution in [1.82, 2.24) is 9.88 Å². The van der Waals surface area contributed by atoms with Crippen molar-refractivity contribution in [3.8, 4) is 17.0 Å². The van der Waals surface area contributed by atoms with Crippen molar-refractivity contribution in [3.63, 3.8) is 0 Å². The number of rotatable bonds is 5. The average molecular weight is 485 g/mol. The number of hydrogen-bond donors (Lipinski definition) is 0. The highest BCUT2D eigenvalue weighted by Gasteiger charge is 2.27. The van der Waals surface area contributed by atoms with E-state index in [1.807, 2.05) is 74.5 Å². The summed E-state index contributed by atoms with van der Waals surface area (Å²) in [6, 6.07) is 21.1. The standard InChI is InChI=1S/C29H28N2O5/c1-18-15-31(16-19(2)36-18)28(32)17-35-29(33)25-14-27(30-26-7-5-4-6-24(25)26)22-9-8-21-13-23(34-3)11-10-20(21)12-22/h4-14,18-19H,15-17H2,1-3H3. The molecule has 3 aromatic carbocycles. The summed E-state index contributed by atoms with van der Waals surface area (Å²) in [7, 11) is 1.64. The molecule has 2 heterocycles. The number of aromatic nitrogens is 1. The number of benzene rings is 3. The number of esters is 1. The Bertz CT molecular complexity index is 1440. The molecule has 7 heteroatoms. The first-order valence-corrected chi connectivity index (χ1v) is 12.0. The van der Waals surface area contributed by atoms with Crippen molar-refractivity contribution in [1.29, 1.82) is 0 Å². The third-order valence-corrected chi connectivity index (χ3v) is 6.38. The number of para-hydroxylation sites is 1. The summed E-state index contributed by atoms with van der Waals surface area (Å²) in [6.45, 7) is 4.50. The van der Waals surface area contributed by atoms with Gasteiger partial charge in [0, 0.05) is 24.0 Å².